The summed E-state index contributed by atoms with van der Waals surface area (Å²) >= 11 is 5.27. The largest absolute Gasteiger partial charge is 0.494 e. The van der Waals surface area contributed by atoms with E-state index in [0.29, 0.717) is 41.6 Å². The molecule has 0 bridgehead atoms. The van der Waals surface area contributed by atoms with Gasteiger partial charge in [0.1, 0.15) is 5.75 Å². The van der Waals surface area contributed by atoms with Crippen LogP contribution in [0.3, 0.4) is 0 Å². The Morgan fingerprint density at radius 3 is 2.75 bits per heavy atom. The second-order valence-electron chi connectivity index (χ2n) is 7.05. The predicted octanol–water partition coefficient (Wildman–Crippen LogP) is 4.48. The maximum atomic E-state index is 12.5. The highest BCUT2D eigenvalue weighted by Crippen LogP contribution is 2.23. The molecular formula is C24H22N4O3S. The number of thiocarbonyl (C=S) groups is 1. The molecule has 162 valence electrons. The number of amides is 1. The van der Waals surface area contributed by atoms with Crippen LogP contribution in [0.4, 0.5) is 0 Å². The summed E-state index contributed by atoms with van der Waals surface area (Å²) < 4.78 is 11.3. The number of benzene rings is 2. The molecular weight excluding hydrogens is 424 g/mol. The maximum absolute atomic E-state index is 12.5. The van der Waals surface area contributed by atoms with Crippen molar-refractivity contribution in [2.45, 2.75) is 19.9 Å². The number of aromatic nitrogens is 2. The third-order valence-electron chi connectivity index (χ3n) is 4.62. The molecule has 0 aliphatic heterocycles. The summed E-state index contributed by atoms with van der Waals surface area (Å²) in [4.78, 5) is 21.0. The number of hydrogen-bond donors (Lipinski definition) is 2. The molecule has 2 N–H and O–H groups in total. The first kappa shape index (κ1) is 21.5. The van der Waals surface area contributed by atoms with Crippen molar-refractivity contribution in [1.82, 2.24) is 20.6 Å². The first-order chi connectivity index (χ1) is 15.6. The van der Waals surface area contributed by atoms with Gasteiger partial charge >= 0.3 is 0 Å². The van der Waals surface area contributed by atoms with E-state index in [9.17, 15) is 4.79 Å². The van der Waals surface area contributed by atoms with Gasteiger partial charge in [0.05, 0.1) is 6.61 Å². The van der Waals surface area contributed by atoms with Gasteiger partial charge in [-0.15, -0.1) is 0 Å². The minimum Gasteiger partial charge on any atom is -0.494 e. The quantitative estimate of drug-likeness (QED) is 0.405. The fourth-order valence-electron chi connectivity index (χ4n) is 3.01. The van der Waals surface area contributed by atoms with Gasteiger partial charge in [0.25, 0.3) is 5.91 Å². The lowest BCUT2D eigenvalue weighted by molar-refractivity contribution is 0.0976. The molecule has 0 aliphatic carbocycles. The number of rotatable bonds is 7. The van der Waals surface area contributed by atoms with Crippen molar-refractivity contribution < 1.29 is 13.9 Å². The van der Waals surface area contributed by atoms with Crippen LogP contribution in [0.2, 0.25) is 0 Å². The lowest BCUT2D eigenvalue weighted by atomic mass is 10.1. The van der Waals surface area contributed by atoms with E-state index >= 15 is 0 Å². The number of hydrogen-bond acceptors (Lipinski definition) is 6. The van der Waals surface area contributed by atoms with E-state index in [1.807, 2.05) is 49.4 Å². The van der Waals surface area contributed by atoms with Crippen LogP contribution < -0.4 is 15.4 Å². The monoisotopic (exact) mass is 446 g/mol. The summed E-state index contributed by atoms with van der Waals surface area (Å²) in [6, 6.07) is 18.4. The Labute approximate surface area is 190 Å². The van der Waals surface area contributed by atoms with Crippen LogP contribution in [0.25, 0.3) is 22.7 Å². The zero-order valence-electron chi connectivity index (χ0n) is 17.5. The average Bonchev–Trinajstić information content (AvgIpc) is 3.26. The van der Waals surface area contributed by atoms with E-state index in [0.717, 1.165) is 17.5 Å². The Bertz CT molecular complexity index is 1200. The van der Waals surface area contributed by atoms with Crippen LogP contribution >= 0.6 is 12.2 Å². The van der Waals surface area contributed by atoms with Crippen molar-refractivity contribution in [3.63, 3.8) is 0 Å². The standard InChI is InChI=1S/C24H22N4O3S/c1-2-13-30-19-6-3-5-18(14-19)22(29)28-24(32)26-15-16-8-10-17(11-9-16)23-27-21-20(31-23)7-4-12-25-21/h3-12,14H,2,13,15H2,1H3,(H2,26,28,29,32). The molecule has 2 aromatic heterocycles. The molecule has 4 aromatic rings. The number of nitrogens with zero attached hydrogens (tertiary/aromatic N) is 2. The van der Waals surface area contributed by atoms with E-state index in [-0.39, 0.29) is 11.0 Å². The molecule has 2 aromatic carbocycles. The van der Waals surface area contributed by atoms with Crippen LogP contribution in [0.1, 0.15) is 29.3 Å². The van der Waals surface area contributed by atoms with E-state index in [2.05, 4.69) is 20.6 Å². The molecule has 0 aliphatic rings. The summed E-state index contributed by atoms with van der Waals surface area (Å²) in [5.74, 6) is 0.892. The normalized spacial score (nSPS) is 10.7. The van der Waals surface area contributed by atoms with E-state index in [1.165, 1.54) is 0 Å². The van der Waals surface area contributed by atoms with Gasteiger partial charge in [0.2, 0.25) is 5.89 Å². The Morgan fingerprint density at radius 1 is 1.12 bits per heavy atom. The summed E-state index contributed by atoms with van der Waals surface area (Å²) in [5, 5.41) is 6.00. The molecule has 7 nitrogen and oxygen atoms in total. The first-order valence-corrected chi connectivity index (χ1v) is 10.7. The van der Waals surface area contributed by atoms with Crippen LogP contribution in [0.5, 0.6) is 5.75 Å². The van der Waals surface area contributed by atoms with Crippen molar-refractivity contribution in [3.8, 4) is 17.2 Å². The van der Waals surface area contributed by atoms with Gasteiger partial charge in [-0.25, -0.2) is 4.98 Å². The number of pyridine rings is 1. The molecule has 4 rings (SSSR count). The summed E-state index contributed by atoms with van der Waals surface area (Å²) in [7, 11) is 0. The highest BCUT2D eigenvalue weighted by atomic mass is 32.1. The summed E-state index contributed by atoms with van der Waals surface area (Å²) in [6.07, 6.45) is 2.58. The van der Waals surface area contributed by atoms with Crippen LogP contribution in [-0.4, -0.2) is 27.6 Å². The molecule has 0 radical (unpaired) electrons. The van der Waals surface area contributed by atoms with E-state index < -0.39 is 0 Å². The van der Waals surface area contributed by atoms with Gasteiger partial charge in [0.15, 0.2) is 16.3 Å². The Morgan fingerprint density at radius 2 is 1.97 bits per heavy atom. The minimum absolute atomic E-state index is 0.254. The fourth-order valence-corrected chi connectivity index (χ4v) is 3.17. The number of fused-ring (bicyclic) bond motifs is 1. The molecule has 0 unspecified atom stereocenters. The fraction of sp³-hybridized carbons (Fsp3) is 0.167. The lowest BCUT2D eigenvalue weighted by Crippen LogP contribution is -2.38. The van der Waals surface area contributed by atoms with Crippen LogP contribution in [0, 0.1) is 0 Å². The van der Waals surface area contributed by atoms with Crippen molar-refractivity contribution >= 4 is 34.5 Å². The number of carbonyl (C=O) groups is 1. The Hall–Kier alpha value is -3.78. The van der Waals surface area contributed by atoms with Gasteiger partial charge in [-0.1, -0.05) is 25.1 Å². The number of oxazole rings is 1. The highest BCUT2D eigenvalue weighted by Gasteiger charge is 2.10. The molecule has 0 spiro atoms. The maximum Gasteiger partial charge on any atom is 0.257 e. The van der Waals surface area contributed by atoms with Crippen molar-refractivity contribution in [3.05, 3.63) is 78.0 Å². The molecule has 0 saturated carbocycles. The zero-order valence-corrected chi connectivity index (χ0v) is 18.3. The SMILES string of the molecule is CCCOc1cccc(C(=O)NC(=S)NCc2ccc(-c3nc4ncccc4o3)cc2)c1. The number of nitrogens with one attached hydrogen (secondary N) is 2. The molecule has 0 atom stereocenters. The van der Waals surface area contributed by atoms with Gasteiger partial charge in [-0.05, 0) is 66.7 Å². The minimum atomic E-state index is -0.288. The lowest BCUT2D eigenvalue weighted by Gasteiger charge is -2.11. The third-order valence-corrected chi connectivity index (χ3v) is 4.86. The highest BCUT2D eigenvalue weighted by molar-refractivity contribution is 7.80. The Kier molecular flexibility index (Phi) is 6.72. The first-order valence-electron chi connectivity index (χ1n) is 10.3. The van der Waals surface area contributed by atoms with Crippen molar-refractivity contribution in [1.29, 1.82) is 0 Å². The topological polar surface area (TPSA) is 89.3 Å². The molecule has 2 heterocycles. The zero-order chi connectivity index (χ0) is 22.3. The Balaban J connectivity index is 1.31. The number of carbonyl (C=O) groups excluding carboxylic acids is 1. The van der Waals surface area contributed by atoms with Crippen molar-refractivity contribution in [2.24, 2.45) is 0 Å². The average molecular weight is 447 g/mol. The molecule has 0 saturated heterocycles. The van der Waals surface area contributed by atoms with Gasteiger partial charge < -0.3 is 14.5 Å². The van der Waals surface area contributed by atoms with Gasteiger partial charge in [-0.2, -0.15) is 4.98 Å². The molecule has 1 amide bonds. The second-order valence-corrected chi connectivity index (χ2v) is 7.46. The van der Waals surface area contributed by atoms with Crippen LogP contribution in [-0.2, 0) is 6.54 Å². The van der Waals surface area contributed by atoms with Gasteiger partial charge in [-0.3, -0.25) is 10.1 Å². The van der Waals surface area contributed by atoms with E-state index in [4.69, 9.17) is 21.4 Å². The molecule has 8 heteroatoms. The van der Waals surface area contributed by atoms with Gasteiger partial charge in [0, 0.05) is 23.9 Å². The summed E-state index contributed by atoms with van der Waals surface area (Å²) in [5.41, 5.74) is 3.57. The smallest absolute Gasteiger partial charge is 0.257 e. The number of ether oxygens (including phenoxy) is 1. The van der Waals surface area contributed by atoms with E-state index in [1.54, 1.807) is 24.4 Å². The molecule has 32 heavy (non-hydrogen) atoms. The predicted molar refractivity (Wildman–Crippen MR) is 126 cm³/mol. The second kappa shape index (κ2) is 10.0. The summed E-state index contributed by atoms with van der Waals surface area (Å²) in [6.45, 7) is 3.10. The van der Waals surface area contributed by atoms with Crippen LogP contribution in [0.15, 0.2) is 71.3 Å². The molecule has 0 fully saturated rings. The van der Waals surface area contributed by atoms with Crippen molar-refractivity contribution in [2.75, 3.05) is 6.61 Å². The third kappa shape index (κ3) is 5.28.